The summed E-state index contributed by atoms with van der Waals surface area (Å²) in [7, 11) is 0. The average molecular weight is 349 g/mol. The minimum Gasteiger partial charge on any atom is -0.494 e. The van der Waals surface area contributed by atoms with Gasteiger partial charge in [-0.2, -0.15) is 0 Å². The molecule has 0 spiro atoms. The number of hydrogen-bond acceptors (Lipinski definition) is 6. The number of anilines is 1. The molecule has 0 heterocycles. The zero-order chi connectivity index (χ0) is 19.0. The van der Waals surface area contributed by atoms with Crippen molar-refractivity contribution in [3.8, 4) is 11.5 Å². The van der Waals surface area contributed by atoms with Crippen molar-refractivity contribution in [1.29, 1.82) is 0 Å². The number of ether oxygens (including phenoxy) is 2. The van der Waals surface area contributed by atoms with Gasteiger partial charge in [0.15, 0.2) is 0 Å². The first-order valence-corrected chi connectivity index (χ1v) is 8.04. The molecule has 0 saturated carbocycles. The second-order valence-corrected chi connectivity index (χ2v) is 5.38. The molecule has 0 bridgehead atoms. The number of hydrogen-bond donors (Lipinski definition) is 0. The van der Waals surface area contributed by atoms with Crippen LogP contribution < -0.4 is 14.4 Å². The van der Waals surface area contributed by atoms with E-state index in [2.05, 4.69) is 0 Å². The molecule has 0 aliphatic heterocycles. The Kier molecular flexibility index (Phi) is 7.78. The molecule has 1 rings (SSSR count). The fraction of sp³-hybridized carbons (Fsp3) is 0.444. The summed E-state index contributed by atoms with van der Waals surface area (Å²) in [5.74, 6) is -1.47. The highest BCUT2D eigenvalue weighted by Crippen LogP contribution is 2.33. The Balaban J connectivity index is 3.41. The highest BCUT2D eigenvalue weighted by Gasteiger charge is 2.28. The number of amides is 2. The highest BCUT2D eigenvalue weighted by atomic mass is 16.5. The summed E-state index contributed by atoms with van der Waals surface area (Å²) in [4.78, 5) is 48.5. The van der Waals surface area contributed by atoms with Crippen LogP contribution in [0.2, 0.25) is 0 Å². The van der Waals surface area contributed by atoms with Crippen molar-refractivity contribution in [2.45, 2.75) is 40.5 Å². The monoisotopic (exact) mass is 349 g/mol. The molecule has 25 heavy (non-hydrogen) atoms. The van der Waals surface area contributed by atoms with Crippen molar-refractivity contribution in [2.24, 2.45) is 0 Å². The van der Waals surface area contributed by atoms with E-state index in [1.54, 1.807) is 26.0 Å². The lowest BCUT2D eigenvalue weighted by Gasteiger charge is -2.23. The zero-order valence-electron chi connectivity index (χ0n) is 15.0. The third-order valence-corrected chi connectivity index (χ3v) is 3.08. The van der Waals surface area contributed by atoms with Gasteiger partial charge in [0, 0.05) is 6.07 Å². The SMILES string of the molecule is CCOc1ccc(OCC)c(N(C(=O)CC(C)=O)C(=O)CC(C)=O)c1. The lowest BCUT2D eigenvalue weighted by atomic mass is 10.1. The molecule has 0 N–H and O–H groups in total. The predicted octanol–water partition coefficient (Wildman–Crippen LogP) is 2.30. The molecule has 136 valence electrons. The van der Waals surface area contributed by atoms with Crippen molar-refractivity contribution in [3.05, 3.63) is 18.2 Å². The molecule has 0 radical (unpaired) electrons. The van der Waals surface area contributed by atoms with Gasteiger partial charge >= 0.3 is 0 Å². The fourth-order valence-electron chi connectivity index (χ4n) is 2.20. The number of ketones is 2. The minimum absolute atomic E-state index is 0.158. The fourth-order valence-corrected chi connectivity index (χ4v) is 2.20. The summed E-state index contributed by atoms with van der Waals surface area (Å²) in [5.41, 5.74) is 0.158. The number of carbonyl (C=O) groups excluding carboxylic acids is 4. The largest absolute Gasteiger partial charge is 0.494 e. The Hall–Kier alpha value is -2.70. The Labute approximate surface area is 146 Å². The summed E-state index contributed by atoms with van der Waals surface area (Å²) in [6, 6.07) is 4.73. The molecule has 1 aromatic carbocycles. The van der Waals surface area contributed by atoms with Gasteiger partial charge in [0.2, 0.25) is 11.8 Å². The van der Waals surface area contributed by atoms with E-state index in [1.807, 2.05) is 0 Å². The Morgan fingerprint density at radius 3 is 1.84 bits per heavy atom. The van der Waals surface area contributed by atoms with E-state index in [4.69, 9.17) is 9.47 Å². The first-order valence-electron chi connectivity index (χ1n) is 8.04. The molecule has 7 nitrogen and oxygen atoms in total. The van der Waals surface area contributed by atoms with E-state index < -0.39 is 24.7 Å². The molecule has 0 atom stereocenters. The van der Waals surface area contributed by atoms with Gasteiger partial charge in [0.25, 0.3) is 0 Å². The quantitative estimate of drug-likeness (QED) is 0.636. The Morgan fingerprint density at radius 2 is 1.40 bits per heavy atom. The van der Waals surface area contributed by atoms with Gasteiger partial charge in [-0.3, -0.25) is 19.2 Å². The van der Waals surface area contributed by atoms with Crippen LogP contribution in [0.15, 0.2) is 18.2 Å². The van der Waals surface area contributed by atoms with Crippen LogP contribution in [0.25, 0.3) is 0 Å². The smallest absolute Gasteiger partial charge is 0.241 e. The van der Waals surface area contributed by atoms with Crippen LogP contribution in [0.5, 0.6) is 11.5 Å². The number of benzene rings is 1. The van der Waals surface area contributed by atoms with Gasteiger partial charge in [0.1, 0.15) is 23.1 Å². The molecule has 2 amide bonds. The van der Waals surface area contributed by atoms with Crippen molar-refractivity contribution < 1.29 is 28.7 Å². The molecule has 1 aromatic rings. The molecule has 0 aromatic heterocycles. The third-order valence-electron chi connectivity index (χ3n) is 3.08. The number of imide groups is 1. The normalized spacial score (nSPS) is 10.1. The van der Waals surface area contributed by atoms with Gasteiger partial charge in [-0.1, -0.05) is 0 Å². The van der Waals surface area contributed by atoms with E-state index in [0.29, 0.717) is 24.7 Å². The van der Waals surface area contributed by atoms with Crippen LogP contribution in [-0.4, -0.2) is 36.6 Å². The maximum atomic E-state index is 12.5. The maximum Gasteiger partial charge on any atom is 0.241 e. The molecule has 0 saturated heterocycles. The van der Waals surface area contributed by atoms with Gasteiger partial charge in [0.05, 0.1) is 31.7 Å². The maximum absolute atomic E-state index is 12.5. The third kappa shape index (κ3) is 6.02. The minimum atomic E-state index is -0.714. The second kappa shape index (κ2) is 9.56. The van der Waals surface area contributed by atoms with Crippen LogP contribution >= 0.6 is 0 Å². The number of rotatable bonds is 9. The van der Waals surface area contributed by atoms with Crippen molar-refractivity contribution in [2.75, 3.05) is 18.1 Å². The van der Waals surface area contributed by atoms with Gasteiger partial charge < -0.3 is 9.47 Å². The van der Waals surface area contributed by atoms with Crippen LogP contribution in [0.4, 0.5) is 5.69 Å². The van der Waals surface area contributed by atoms with Gasteiger partial charge in [-0.05, 0) is 39.8 Å². The van der Waals surface area contributed by atoms with E-state index >= 15 is 0 Å². The van der Waals surface area contributed by atoms with Crippen molar-refractivity contribution >= 4 is 29.1 Å². The summed E-state index contributed by atoms with van der Waals surface area (Å²) >= 11 is 0. The predicted molar refractivity (Wildman–Crippen MR) is 91.9 cm³/mol. The molecular formula is C18H23NO6. The van der Waals surface area contributed by atoms with Crippen LogP contribution in [0.3, 0.4) is 0 Å². The zero-order valence-corrected chi connectivity index (χ0v) is 15.0. The molecule has 0 aliphatic rings. The lowest BCUT2D eigenvalue weighted by molar-refractivity contribution is -0.130. The van der Waals surface area contributed by atoms with E-state index in [1.165, 1.54) is 19.9 Å². The lowest BCUT2D eigenvalue weighted by Crippen LogP contribution is -2.39. The summed E-state index contributed by atoms with van der Waals surface area (Å²) < 4.78 is 10.9. The van der Waals surface area contributed by atoms with Crippen LogP contribution in [-0.2, 0) is 19.2 Å². The second-order valence-electron chi connectivity index (χ2n) is 5.38. The first-order chi connectivity index (χ1) is 11.8. The molecule has 0 fully saturated rings. The van der Waals surface area contributed by atoms with E-state index in [-0.39, 0.29) is 17.3 Å². The van der Waals surface area contributed by atoms with Crippen molar-refractivity contribution in [3.63, 3.8) is 0 Å². The molecule has 0 unspecified atom stereocenters. The van der Waals surface area contributed by atoms with Crippen LogP contribution in [0.1, 0.15) is 40.5 Å². The van der Waals surface area contributed by atoms with Crippen LogP contribution in [0, 0.1) is 0 Å². The summed E-state index contributed by atoms with van der Waals surface area (Å²) in [5, 5.41) is 0. The number of carbonyl (C=O) groups is 4. The Morgan fingerprint density at radius 1 is 0.880 bits per heavy atom. The standard InChI is InChI=1S/C18H23NO6/c1-5-24-14-7-8-16(25-6-2)15(11-14)19(17(22)9-12(3)20)18(23)10-13(4)21/h7-8,11H,5-6,9-10H2,1-4H3. The first kappa shape index (κ1) is 20.3. The highest BCUT2D eigenvalue weighted by molar-refractivity contribution is 6.22. The van der Waals surface area contributed by atoms with Crippen molar-refractivity contribution in [1.82, 2.24) is 0 Å². The van der Waals surface area contributed by atoms with E-state index in [0.717, 1.165) is 4.90 Å². The summed E-state index contributed by atoms with van der Waals surface area (Å²) in [6.45, 7) is 6.79. The molecular weight excluding hydrogens is 326 g/mol. The number of nitrogens with zero attached hydrogens (tertiary/aromatic N) is 1. The van der Waals surface area contributed by atoms with Gasteiger partial charge in [-0.15, -0.1) is 0 Å². The molecule has 7 heteroatoms. The molecule has 0 aliphatic carbocycles. The van der Waals surface area contributed by atoms with Gasteiger partial charge in [-0.25, -0.2) is 4.90 Å². The Bertz CT molecular complexity index is 640. The van der Waals surface area contributed by atoms with E-state index in [9.17, 15) is 19.2 Å². The number of Topliss-reactive ketones (excluding diaryl/α,β-unsaturated/α-hetero) is 2. The average Bonchev–Trinajstić information content (AvgIpc) is 2.48. The topological polar surface area (TPSA) is 90.0 Å². The summed E-state index contributed by atoms with van der Waals surface area (Å²) in [6.07, 6.45) is -0.901.